The van der Waals surface area contributed by atoms with Gasteiger partial charge in [-0.1, -0.05) is 23.8 Å². The standard InChI is InChI=1S/C28H33N3O4.2H2/c1-18(2)8-9-20-6-5-7-22(16-20)29-28(33)30-24-17-21-10-11-25(19(3)26(21)35-27(24)32)34-23-12-14-31(4)15-13-23;;/h5-8,10-11,16-17,23H,9,12-15H2,1-4H3,(H2,29,30,33);2*1H. The van der Waals surface area contributed by atoms with Crippen LogP contribution in [0.25, 0.3) is 11.0 Å². The van der Waals surface area contributed by atoms with Crippen LogP contribution in [0.2, 0.25) is 0 Å². The number of urea groups is 1. The average molecular weight is 480 g/mol. The maximum atomic E-state index is 12.7. The lowest BCUT2D eigenvalue weighted by atomic mass is 10.1. The minimum atomic E-state index is -0.607. The summed E-state index contributed by atoms with van der Waals surface area (Å²) in [5, 5.41) is 6.13. The number of nitrogens with zero attached hydrogens (tertiary/aromatic N) is 1. The molecular weight excluding hydrogens is 442 g/mol. The maximum absolute atomic E-state index is 12.7. The van der Waals surface area contributed by atoms with E-state index in [1.807, 2.05) is 43.3 Å². The Morgan fingerprint density at radius 3 is 2.69 bits per heavy atom. The smallest absolute Gasteiger partial charge is 0.360 e. The Hall–Kier alpha value is -3.58. The second-order valence-electron chi connectivity index (χ2n) is 9.44. The third-order valence-corrected chi connectivity index (χ3v) is 6.24. The van der Waals surface area contributed by atoms with Gasteiger partial charge in [0.25, 0.3) is 0 Å². The lowest BCUT2D eigenvalue weighted by molar-refractivity contribution is 0.113. The molecule has 35 heavy (non-hydrogen) atoms. The van der Waals surface area contributed by atoms with Crippen LogP contribution in [0.4, 0.5) is 16.2 Å². The molecule has 188 valence electrons. The first kappa shape index (κ1) is 24.5. The zero-order valence-electron chi connectivity index (χ0n) is 20.8. The first-order valence-corrected chi connectivity index (χ1v) is 12.0. The number of hydrogen-bond acceptors (Lipinski definition) is 5. The van der Waals surface area contributed by atoms with Gasteiger partial charge >= 0.3 is 11.7 Å². The summed E-state index contributed by atoms with van der Waals surface area (Å²) in [4.78, 5) is 27.5. The lowest BCUT2D eigenvalue weighted by Crippen LogP contribution is -2.35. The SMILES string of the molecule is CC(C)=CCc1cccc(NC(=O)Nc2cc3ccc(OC4CCN(C)CC4)c(C)c3oc2=O)c1.[HH].[HH]. The molecule has 0 unspecified atom stereocenters. The third-order valence-electron chi connectivity index (χ3n) is 6.24. The number of carbonyl (C=O) groups is 1. The summed E-state index contributed by atoms with van der Waals surface area (Å²) in [6, 6.07) is 12.5. The van der Waals surface area contributed by atoms with Gasteiger partial charge in [0.05, 0.1) is 0 Å². The highest BCUT2D eigenvalue weighted by Gasteiger charge is 2.20. The number of allylic oxidation sites excluding steroid dienone is 2. The monoisotopic (exact) mass is 479 g/mol. The van der Waals surface area contributed by atoms with Crippen molar-refractivity contribution < 1.29 is 16.8 Å². The first-order valence-electron chi connectivity index (χ1n) is 12.0. The molecule has 0 radical (unpaired) electrons. The number of piperidine rings is 1. The van der Waals surface area contributed by atoms with E-state index in [-0.39, 0.29) is 14.6 Å². The Morgan fingerprint density at radius 2 is 1.94 bits per heavy atom. The first-order chi connectivity index (χ1) is 16.8. The maximum Gasteiger partial charge on any atom is 0.360 e. The van der Waals surface area contributed by atoms with Crippen molar-refractivity contribution in [3.05, 3.63) is 75.7 Å². The molecule has 7 nitrogen and oxygen atoms in total. The Balaban J connectivity index is 0.00000241. The van der Waals surface area contributed by atoms with Gasteiger partial charge in [-0.05, 0) is 83.0 Å². The van der Waals surface area contributed by atoms with E-state index in [2.05, 4.69) is 42.5 Å². The van der Waals surface area contributed by atoms with Crippen LogP contribution in [-0.2, 0) is 6.42 Å². The normalized spacial score (nSPS) is 14.5. The molecular formula is C28H37N3O4. The fourth-order valence-electron chi connectivity index (χ4n) is 4.19. The topological polar surface area (TPSA) is 83.8 Å². The number of aryl methyl sites for hydroxylation is 1. The summed E-state index contributed by atoms with van der Waals surface area (Å²) in [7, 11) is 2.11. The Morgan fingerprint density at radius 1 is 1.17 bits per heavy atom. The molecule has 0 saturated carbocycles. The minimum absolute atomic E-state index is 0. The summed E-state index contributed by atoms with van der Waals surface area (Å²) in [6.45, 7) is 8.00. The van der Waals surface area contributed by atoms with Crippen molar-refractivity contribution in [3.63, 3.8) is 0 Å². The van der Waals surface area contributed by atoms with Crippen molar-refractivity contribution >= 4 is 28.4 Å². The highest BCUT2D eigenvalue weighted by Crippen LogP contribution is 2.30. The predicted molar refractivity (Wildman–Crippen MR) is 145 cm³/mol. The van der Waals surface area contributed by atoms with Crippen molar-refractivity contribution in [1.82, 2.24) is 4.90 Å². The number of fused-ring (bicyclic) bond motifs is 1. The molecule has 1 aliphatic rings. The fourth-order valence-corrected chi connectivity index (χ4v) is 4.19. The van der Waals surface area contributed by atoms with Gasteiger partial charge in [0.1, 0.15) is 23.1 Å². The second-order valence-corrected chi connectivity index (χ2v) is 9.44. The fraction of sp³-hybridized carbons (Fsp3) is 0.357. The molecule has 4 rings (SSSR count). The van der Waals surface area contributed by atoms with Gasteiger partial charge in [-0.2, -0.15) is 0 Å². The van der Waals surface area contributed by atoms with E-state index in [4.69, 9.17) is 9.15 Å². The van der Waals surface area contributed by atoms with E-state index in [9.17, 15) is 9.59 Å². The number of ether oxygens (including phenoxy) is 1. The zero-order chi connectivity index (χ0) is 24.9. The van der Waals surface area contributed by atoms with E-state index in [0.717, 1.165) is 54.6 Å². The third kappa shape index (κ3) is 6.31. The predicted octanol–water partition coefficient (Wildman–Crippen LogP) is 6.22. The van der Waals surface area contributed by atoms with E-state index in [1.165, 1.54) is 5.57 Å². The summed E-state index contributed by atoms with van der Waals surface area (Å²) >= 11 is 0. The van der Waals surface area contributed by atoms with Crippen molar-refractivity contribution in [2.45, 2.75) is 46.1 Å². The number of anilines is 2. The molecule has 1 aromatic heterocycles. The molecule has 2 N–H and O–H groups in total. The number of hydrogen-bond donors (Lipinski definition) is 2. The van der Waals surface area contributed by atoms with E-state index < -0.39 is 11.7 Å². The van der Waals surface area contributed by atoms with Gasteiger partial charge in [-0.25, -0.2) is 9.59 Å². The van der Waals surface area contributed by atoms with Gasteiger partial charge in [-0.15, -0.1) is 0 Å². The number of carbonyl (C=O) groups excluding carboxylic acids is 1. The molecule has 7 heteroatoms. The molecule has 1 saturated heterocycles. The molecule has 0 spiro atoms. The number of amides is 2. The Bertz CT molecular complexity index is 1310. The van der Waals surface area contributed by atoms with E-state index >= 15 is 0 Å². The van der Waals surface area contributed by atoms with Crippen molar-refractivity contribution in [3.8, 4) is 5.75 Å². The molecule has 0 bridgehead atoms. The van der Waals surface area contributed by atoms with Crippen LogP contribution in [0.15, 0.2) is 63.3 Å². The number of benzene rings is 2. The van der Waals surface area contributed by atoms with E-state index in [1.54, 1.807) is 6.07 Å². The Kier molecular flexibility index (Phi) is 7.56. The molecule has 2 aromatic carbocycles. The number of nitrogens with one attached hydrogen (secondary N) is 2. The number of likely N-dealkylation sites (tertiary alicyclic amines) is 1. The van der Waals surface area contributed by atoms with Crippen LogP contribution in [0.5, 0.6) is 5.75 Å². The second kappa shape index (κ2) is 10.8. The van der Waals surface area contributed by atoms with Crippen molar-refractivity contribution in [1.29, 1.82) is 0 Å². The largest absolute Gasteiger partial charge is 0.490 e. The summed E-state index contributed by atoms with van der Waals surface area (Å²) in [5.74, 6) is 0.724. The van der Waals surface area contributed by atoms with Crippen molar-refractivity contribution in [2.75, 3.05) is 30.8 Å². The van der Waals surface area contributed by atoms with Crippen LogP contribution < -0.4 is 21.0 Å². The molecule has 1 fully saturated rings. The van der Waals surface area contributed by atoms with Crippen LogP contribution in [0.3, 0.4) is 0 Å². The Labute approximate surface area is 208 Å². The van der Waals surface area contributed by atoms with Crippen LogP contribution in [0, 0.1) is 6.92 Å². The van der Waals surface area contributed by atoms with Crippen LogP contribution in [-0.4, -0.2) is 37.2 Å². The molecule has 2 amide bonds. The average Bonchev–Trinajstić information content (AvgIpc) is 2.82. The van der Waals surface area contributed by atoms with Crippen LogP contribution in [0.1, 0.15) is 40.7 Å². The molecule has 0 aliphatic carbocycles. The summed E-state index contributed by atoms with van der Waals surface area (Å²) in [5.41, 5.74) is 3.70. The zero-order valence-corrected chi connectivity index (χ0v) is 20.8. The van der Waals surface area contributed by atoms with Gasteiger partial charge in [-0.3, -0.25) is 0 Å². The van der Waals surface area contributed by atoms with Gasteiger partial charge in [0, 0.05) is 32.6 Å². The van der Waals surface area contributed by atoms with Crippen molar-refractivity contribution in [2.24, 2.45) is 0 Å². The molecule has 2 heterocycles. The molecule has 1 aliphatic heterocycles. The highest BCUT2D eigenvalue weighted by molar-refractivity contribution is 6.00. The van der Waals surface area contributed by atoms with Crippen LogP contribution >= 0.6 is 0 Å². The number of rotatable bonds is 6. The van der Waals surface area contributed by atoms with Gasteiger partial charge < -0.3 is 24.7 Å². The highest BCUT2D eigenvalue weighted by atomic mass is 16.5. The summed E-state index contributed by atoms with van der Waals surface area (Å²) < 4.78 is 11.8. The molecule has 3 aromatic rings. The lowest BCUT2D eigenvalue weighted by Gasteiger charge is -2.29. The van der Waals surface area contributed by atoms with E-state index in [0.29, 0.717) is 11.3 Å². The quantitative estimate of drug-likeness (QED) is 0.324. The summed E-state index contributed by atoms with van der Waals surface area (Å²) in [6.07, 6.45) is 5.00. The molecule has 0 atom stereocenters. The van der Waals surface area contributed by atoms with Gasteiger partial charge in [0.2, 0.25) is 0 Å². The van der Waals surface area contributed by atoms with Gasteiger partial charge in [0.15, 0.2) is 0 Å². The minimum Gasteiger partial charge on any atom is -0.490 e.